The lowest BCUT2D eigenvalue weighted by Crippen LogP contribution is -2.18. The molecular weight excluding hydrogens is 344 g/mol. The van der Waals surface area contributed by atoms with Crippen molar-refractivity contribution < 1.29 is 4.79 Å². The third kappa shape index (κ3) is 3.36. The SMILES string of the molecule is O=C(NN=Cc1cccs1)c1cc(-c2cccnc2)nc2ccccc12. The first-order chi connectivity index (χ1) is 12.8. The second-order valence-corrected chi connectivity index (χ2v) is 6.51. The van der Waals surface area contributed by atoms with Gasteiger partial charge in [-0.05, 0) is 35.7 Å². The number of amides is 1. The van der Waals surface area contributed by atoms with Crippen LogP contribution in [0.15, 0.2) is 77.5 Å². The quantitative estimate of drug-likeness (QED) is 0.441. The van der Waals surface area contributed by atoms with Gasteiger partial charge in [-0.15, -0.1) is 11.3 Å². The Morgan fingerprint density at radius 3 is 2.85 bits per heavy atom. The number of aromatic nitrogens is 2. The van der Waals surface area contributed by atoms with Gasteiger partial charge in [-0.1, -0.05) is 24.3 Å². The lowest BCUT2D eigenvalue weighted by atomic mass is 10.0. The molecular formula is C20H14N4OS. The molecule has 6 heteroatoms. The first-order valence-electron chi connectivity index (χ1n) is 7.98. The number of hydrazone groups is 1. The Hall–Kier alpha value is -3.38. The Bertz CT molecular complexity index is 1080. The van der Waals surface area contributed by atoms with Crippen molar-refractivity contribution in [3.63, 3.8) is 0 Å². The largest absolute Gasteiger partial charge is 0.272 e. The van der Waals surface area contributed by atoms with Crippen LogP contribution in [0.25, 0.3) is 22.2 Å². The van der Waals surface area contributed by atoms with Crippen LogP contribution >= 0.6 is 11.3 Å². The van der Waals surface area contributed by atoms with Crippen LogP contribution in [-0.4, -0.2) is 22.1 Å². The zero-order chi connectivity index (χ0) is 17.8. The fourth-order valence-corrected chi connectivity index (χ4v) is 3.19. The van der Waals surface area contributed by atoms with Crippen molar-refractivity contribution in [2.45, 2.75) is 0 Å². The van der Waals surface area contributed by atoms with Crippen LogP contribution in [0, 0.1) is 0 Å². The molecule has 5 nitrogen and oxygen atoms in total. The van der Waals surface area contributed by atoms with Gasteiger partial charge in [-0.2, -0.15) is 5.10 Å². The lowest BCUT2D eigenvalue weighted by Gasteiger charge is -2.08. The van der Waals surface area contributed by atoms with Gasteiger partial charge in [0.05, 0.1) is 23.0 Å². The summed E-state index contributed by atoms with van der Waals surface area (Å²) < 4.78 is 0. The Morgan fingerprint density at radius 1 is 1.12 bits per heavy atom. The summed E-state index contributed by atoms with van der Waals surface area (Å²) >= 11 is 1.56. The highest BCUT2D eigenvalue weighted by Gasteiger charge is 2.13. The summed E-state index contributed by atoms with van der Waals surface area (Å²) in [4.78, 5) is 22.5. The number of carbonyl (C=O) groups excluding carboxylic acids is 1. The van der Waals surface area contributed by atoms with Crippen molar-refractivity contribution in [2.24, 2.45) is 5.10 Å². The molecule has 1 aromatic carbocycles. The van der Waals surface area contributed by atoms with Crippen molar-refractivity contribution in [3.05, 3.63) is 82.8 Å². The molecule has 1 N–H and O–H groups in total. The number of pyridine rings is 2. The number of hydrogen-bond donors (Lipinski definition) is 1. The van der Waals surface area contributed by atoms with E-state index in [1.165, 1.54) is 0 Å². The maximum atomic E-state index is 12.7. The summed E-state index contributed by atoms with van der Waals surface area (Å²) in [5.74, 6) is -0.276. The number of nitrogens with one attached hydrogen (secondary N) is 1. The fraction of sp³-hybridized carbons (Fsp3) is 0. The van der Waals surface area contributed by atoms with Crippen LogP contribution in [0.1, 0.15) is 15.2 Å². The molecule has 4 aromatic rings. The first-order valence-corrected chi connectivity index (χ1v) is 8.86. The average molecular weight is 358 g/mol. The van der Waals surface area contributed by atoms with Crippen LogP contribution in [0.2, 0.25) is 0 Å². The van der Waals surface area contributed by atoms with Crippen LogP contribution in [0.5, 0.6) is 0 Å². The third-order valence-electron chi connectivity index (χ3n) is 3.82. The number of rotatable bonds is 4. The Kier molecular flexibility index (Phi) is 4.49. The second-order valence-electron chi connectivity index (χ2n) is 5.53. The standard InChI is InChI=1S/C20H14N4OS/c25-20(24-22-13-15-6-4-10-26-15)17-11-19(14-5-3-9-21-12-14)23-18-8-2-1-7-16(17)18/h1-13H,(H,24,25). The number of para-hydroxylation sites is 1. The minimum absolute atomic E-state index is 0.276. The van der Waals surface area contributed by atoms with E-state index < -0.39 is 0 Å². The molecule has 0 aliphatic carbocycles. The smallest absolute Gasteiger partial charge is 0.267 e. The maximum absolute atomic E-state index is 12.7. The van der Waals surface area contributed by atoms with E-state index in [4.69, 9.17) is 0 Å². The zero-order valence-electron chi connectivity index (χ0n) is 13.7. The van der Waals surface area contributed by atoms with Crippen molar-refractivity contribution in [1.29, 1.82) is 0 Å². The number of hydrogen-bond acceptors (Lipinski definition) is 5. The van der Waals surface area contributed by atoms with Gasteiger partial charge in [0, 0.05) is 28.2 Å². The monoisotopic (exact) mass is 358 g/mol. The molecule has 0 spiro atoms. The minimum atomic E-state index is -0.276. The highest BCUT2D eigenvalue weighted by molar-refractivity contribution is 7.11. The number of thiophene rings is 1. The molecule has 26 heavy (non-hydrogen) atoms. The second kappa shape index (κ2) is 7.25. The van der Waals surface area contributed by atoms with E-state index in [0.717, 1.165) is 21.3 Å². The van der Waals surface area contributed by atoms with E-state index >= 15 is 0 Å². The van der Waals surface area contributed by atoms with Crippen molar-refractivity contribution in [3.8, 4) is 11.3 Å². The molecule has 0 saturated carbocycles. The van der Waals surface area contributed by atoms with Gasteiger partial charge in [0.1, 0.15) is 0 Å². The van der Waals surface area contributed by atoms with Gasteiger partial charge in [0.25, 0.3) is 5.91 Å². The van der Waals surface area contributed by atoms with Gasteiger partial charge in [0.2, 0.25) is 0 Å². The predicted octanol–water partition coefficient (Wildman–Crippen LogP) is 4.12. The van der Waals surface area contributed by atoms with Gasteiger partial charge in [0.15, 0.2) is 0 Å². The topological polar surface area (TPSA) is 67.2 Å². The summed E-state index contributed by atoms with van der Waals surface area (Å²) in [6, 6.07) is 17.0. The molecule has 0 saturated heterocycles. The number of fused-ring (bicyclic) bond motifs is 1. The third-order valence-corrected chi connectivity index (χ3v) is 4.63. The fourth-order valence-electron chi connectivity index (χ4n) is 2.60. The maximum Gasteiger partial charge on any atom is 0.272 e. The Labute approximate surface area is 154 Å². The molecule has 0 bridgehead atoms. The highest BCUT2D eigenvalue weighted by Crippen LogP contribution is 2.24. The van der Waals surface area contributed by atoms with Gasteiger partial charge >= 0.3 is 0 Å². The molecule has 1 amide bonds. The summed E-state index contributed by atoms with van der Waals surface area (Å²) in [6.07, 6.45) is 5.07. The molecule has 126 valence electrons. The zero-order valence-corrected chi connectivity index (χ0v) is 14.5. The number of benzene rings is 1. The minimum Gasteiger partial charge on any atom is -0.267 e. The number of carbonyl (C=O) groups is 1. The molecule has 0 aliphatic heterocycles. The Morgan fingerprint density at radius 2 is 2.04 bits per heavy atom. The van der Waals surface area contributed by atoms with Crippen LogP contribution in [-0.2, 0) is 0 Å². The van der Waals surface area contributed by atoms with Gasteiger partial charge in [-0.3, -0.25) is 9.78 Å². The van der Waals surface area contributed by atoms with E-state index in [9.17, 15) is 4.79 Å². The first kappa shape index (κ1) is 16.1. The lowest BCUT2D eigenvalue weighted by molar-refractivity contribution is 0.0957. The molecule has 4 rings (SSSR count). The van der Waals surface area contributed by atoms with Crippen molar-refractivity contribution in [1.82, 2.24) is 15.4 Å². The highest BCUT2D eigenvalue weighted by atomic mass is 32.1. The van der Waals surface area contributed by atoms with Crippen LogP contribution in [0.3, 0.4) is 0 Å². The van der Waals surface area contributed by atoms with Crippen molar-refractivity contribution >= 4 is 34.4 Å². The molecule has 0 atom stereocenters. The van der Waals surface area contributed by atoms with E-state index in [2.05, 4.69) is 20.5 Å². The summed E-state index contributed by atoms with van der Waals surface area (Å²) in [5.41, 5.74) is 5.43. The molecule has 0 fully saturated rings. The van der Waals surface area contributed by atoms with E-state index in [-0.39, 0.29) is 5.91 Å². The summed E-state index contributed by atoms with van der Waals surface area (Å²) in [6.45, 7) is 0. The normalized spacial score (nSPS) is 11.1. The van der Waals surface area contributed by atoms with Gasteiger partial charge < -0.3 is 0 Å². The molecule has 3 aromatic heterocycles. The van der Waals surface area contributed by atoms with Crippen molar-refractivity contribution in [2.75, 3.05) is 0 Å². The molecule has 0 unspecified atom stereocenters. The van der Waals surface area contributed by atoms with Gasteiger partial charge in [-0.25, -0.2) is 10.4 Å². The van der Waals surface area contributed by atoms with Crippen LogP contribution < -0.4 is 5.43 Å². The summed E-state index contributed by atoms with van der Waals surface area (Å²) in [7, 11) is 0. The molecule has 3 heterocycles. The molecule has 0 radical (unpaired) electrons. The van der Waals surface area contributed by atoms with E-state index in [1.54, 1.807) is 36.0 Å². The van der Waals surface area contributed by atoms with Crippen LogP contribution in [0.4, 0.5) is 0 Å². The predicted molar refractivity (Wildman–Crippen MR) is 104 cm³/mol. The van der Waals surface area contributed by atoms with E-state index in [1.807, 2.05) is 53.9 Å². The average Bonchev–Trinajstić information content (AvgIpc) is 3.21. The molecule has 0 aliphatic rings. The van der Waals surface area contributed by atoms with E-state index in [0.29, 0.717) is 11.3 Å². The Balaban J connectivity index is 1.72. The summed E-state index contributed by atoms with van der Waals surface area (Å²) in [5, 5.41) is 6.79. The number of nitrogens with zero attached hydrogens (tertiary/aromatic N) is 3.